The maximum atomic E-state index is 13.7. The van der Waals surface area contributed by atoms with Crippen molar-refractivity contribution in [1.29, 1.82) is 0 Å². The van der Waals surface area contributed by atoms with E-state index in [0.29, 0.717) is 27.2 Å². The van der Waals surface area contributed by atoms with Crippen molar-refractivity contribution in [2.45, 2.75) is 19.3 Å². The Labute approximate surface area is 159 Å². The molecule has 2 heterocycles. The van der Waals surface area contributed by atoms with Gasteiger partial charge in [0.2, 0.25) is 5.95 Å². The molecule has 1 saturated heterocycles. The Bertz CT molecular complexity index is 1040. The smallest absolute Gasteiger partial charge is 0.267 e. The van der Waals surface area contributed by atoms with Gasteiger partial charge in [-0.05, 0) is 55.7 Å². The van der Waals surface area contributed by atoms with Crippen molar-refractivity contribution < 1.29 is 4.39 Å². The second-order valence-corrected chi connectivity index (χ2v) is 7.20. The van der Waals surface area contributed by atoms with E-state index in [0.717, 1.165) is 32.4 Å². The molecule has 0 saturated carbocycles. The van der Waals surface area contributed by atoms with Gasteiger partial charge in [-0.2, -0.15) is 0 Å². The first-order valence-electron chi connectivity index (χ1n) is 8.47. The molecule has 1 aliphatic rings. The van der Waals surface area contributed by atoms with Crippen molar-refractivity contribution in [3.05, 3.63) is 62.6 Å². The first-order valence-corrected chi connectivity index (χ1v) is 9.23. The quantitative estimate of drug-likeness (QED) is 0.628. The van der Waals surface area contributed by atoms with Gasteiger partial charge >= 0.3 is 0 Å². The highest BCUT2D eigenvalue weighted by Gasteiger charge is 2.21. The molecule has 4 nitrogen and oxygen atoms in total. The predicted octanol–water partition coefficient (Wildman–Crippen LogP) is 4.82. The lowest BCUT2D eigenvalue weighted by molar-refractivity contribution is 0.563. The van der Waals surface area contributed by atoms with Crippen LogP contribution >= 0.6 is 23.2 Å². The molecule has 1 aromatic heterocycles. The fraction of sp³-hybridized carbons (Fsp3) is 0.263. The van der Waals surface area contributed by atoms with E-state index in [-0.39, 0.29) is 10.9 Å². The van der Waals surface area contributed by atoms with Crippen LogP contribution in [-0.2, 0) is 0 Å². The minimum absolute atomic E-state index is 0.219. The molecule has 0 aliphatic carbocycles. The fourth-order valence-corrected chi connectivity index (χ4v) is 3.82. The van der Waals surface area contributed by atoms with Gasteiger partial charge in [0.05, 0.1) is 21.6 Å². The van der Waals surface area contributed by atoms with E-state index in [1.165, 1.54) is 22.8 Å². The van der Waals surface area contributed by atoms with E-state index in [2.05, 4.69) is 9.88 Å². The van der Waals surface area contributed by atoms with Gasteiger partial charge in [0.1, 0.15) is 5.82 Å². The number of benzene rings is 2. The lowest BCUT2D eigenvalue weighted by atomic mass is 10.1. The van der Waals surface area contributed by atoms with Gasteiger partial charge in [0.25, 0.3) is 5.56 Å². The number of anilines is 1. The summed E-state index contributed by atoms with van der Waals surface area (Å²) in [5.74, 6) is 0.0499. The van der Waals surface area contributed by atoms with Gasteiger partial charge in [0, 0.05) is 18.1 Å². The summed E-state index contributed by atoms with van der Waals surface area (Å²) in [7, 11) is 0. The second kappa shape index (κ2) is 6.89. The normalized spacial score (nSPS) is 14.8. The number of piperidine rings is 1. The van der Waals surface area contributed by atoms with Gasteiger partial charge < -0.3 is 4.90 Å². The zero-order chi connectivity index (χ0) is 18.3. The predicted molar refractivity (Wildman–Crippen MR) is 103 cm³/mol. The van der Waals surface area contributed by atoms with Crippen LogP contribution in [0.1, 0.15) is 19.3 Å². The molecule has 4 rings (SSSR count). The highest BCUT2D eigenvalue weighted by atomic mass is 35.5. The number of fused-ring (bicyclic) bond motifs is 1. The van der Waals surface area contributed by atoms with Gasteiger partial charge in [-0.25, -0.2) is 13.9 Å². The van der Waals surface area contributed by atoms with E-state index in [1.54, 1.807) is 18.2 Å². The molecule has 0 bridgehead atoms. The highest BCUT2D eigenvalue weighted by molar-refractivity contribution is 6.35. The molecule has 0 unspecified atom stereocenters. The van der Waals surface area contributed by atoms with E-state index < -0.39 is 5.82 Å². The molecule has 0 amide bonds. The van der Waals surface area contributed by atoms with E-state index in [1.807, 2.05) is 0 Å². The zero-order valence-corrected chi connectivity index (χ0v) is 15.4. The zero-order valence-electron chi connectivity index (χ0n) is 13.9. The van der Waals surface area contributed by atoms with E-state index in [9.17, 15) is 9.18 Å². The van der Waals surface area contributed by atoms with Crippen LogP contribution in [0.15, 0.2) is 41.2 Å². The Morgan fingerprint density at radius 2 is 1.77 bits per heavy atom. The summed E-state index contributed by atoms with van der Waals surface area (Å²) in [6, 6.07) is 9.00. The van der Waals surface area contributed by atoms with Gasteiger partial charge in [0.15, 0.2) is 0 Å². The van der Waals surface area contributed by atoms with Gasteiger partial charge in [-0.15, -0.1) is 0 Å². The molecule has 7 heteroatoms. The third-order valence-electron chi connectivity index (χ3n) is 4.60. The van der Waals surface area contributed by atoms with Crippen molar-refractivity contribution in [1.82, 2.24) is 9.55 Å². The van der Waals surface area contributed by atoms with Crippen LogP contribution in [0.25, 0.3) is 16.6 Å². The SMILES string of the molecule is O=c1c2cc(F)ccc2nc(N2CCCCC2)n1-c1ccc(Cl)cc1Cl. The molecule has 2 aromatic carbocycles. The molecule has 1 aliphatic heterocycles. The first kappa shape index (κ1) is 17.3. The Morgan fingerprint density at radius 3 is 2.50 bits per heavy atom. The van der Waals surface area contributed by atoms with Crippen LogP contribution < -0.4 is 10.5 Å². The van der Waals surface area contributed by atoms with Crippen molar-refractivity contribution in [3.8, 4) is 5.69 Å². The molecule has 26 heavy (non-hydrogen) atoms. The Balaban J connectivity index is 2.04. The molecule has 0 radical (unpaired) electrons. The number of halogens is 3. The Morgan fingerprint density at radius 1 is 1.00 bits per heavy atom. The van der Waals surface area contributed by atoms with Crippen molar-refractivity contribution in [2.24, 2.45) is 0 Å². The largest absolute Gasteiger partial charge is 0.342 e. The average molecular weight is 392 g/mol. The summed E-state index contributed by atoms with van der Waals surface area (Å²) in [6.45, 7) is 1.62. The molecule has 0 N–H and O–H groups in total. The summed E-state index contributed by atoms with van der Waals surface area (Å²) in [6.07, 6.45) is 3.22. The van der Waals surface area contributed by atoms with Crippen LogP contribution in [0.4, 0.5) is 10.3 Å². The third-order valence-corrected chi connectivity index (χ3v) is 5.14. The van der Waals surface area contributed by atoms with Crippen LogP contribution in [0.5, 0.6) is 0 Å². The number of rotatable bonds is 2. The lowest BCUT2D eigenvalue weighted by Crippen LogP contribution is -2.36. The fourth-order valence-electron chi connectivity index (χ4n) is 3.33. The molecule has 3 aromatic rings. The number of aromatic nitrogens is 2. The number of hydrogen-bond acceptors (Lipinski definition) is 3. The standard InChI is InChI=1S/C19H16Cl2FN3O/c20-12-4-7-17(15(21)10-12)25-18(26)14-11-13(22)5-6-16(14)23-19(25)24-8-2-1-3-9-24/h4-7,10-11H,1-3,8-9H2. The minimum Gasteiger partial charge on any atom is -0.342 e. The van der Waals surface area contributed by atoms with Crippen molar-refractivity contribution >= 4 is 40.1 Å². The Kier molecular flexibility index (Phi) is 4.59. The maximum absolute atomic E-state index is 13.7. The topological polar surface area (TPSA) is 38.1 Å². The summed E-state index contributed by atoms with van der Waals surface area (Å²) in [5, 5.41) is 1.04. The Hall–Kier alpha value is -2.11. The lowest BCUT2D eigenvalue weighted by Gasteiger charge is -2.30. The van der Waals surface area contributed by atoms with Crippen molar-refractivity contribution in [3.63, 3.8) is 0 Å². The monoisotopic (exact) mass is 391 g/mol. The number of hydrogen-bond donors (Lipinski definition) is 0. The maximum Gasteiger partial charge on any atom is 0.267 e. The van der Waals surface area contributed by atoms with Crippen LogP contribution in [0, 0.1) is 5.82 Å². The van der Waals surface area contributed by atoms with E-state index in [4.69, 9.17) is 23.2 Å². The van der Waals surface area contributed by atoms with Gasteiger partial charge in [-0.1, -0.05) is 23.2 Å². The molecule has 0 spiro atoms. The van der Waals surface area contributed by atoms with Crippen LogP contribution in [0.2, 0.25) is 10.0 Å². The molecule has 0 atom stereocenters. The summed E-state index contributed by atoms with van der Waals surface area (Å²) in [4.78, 5) is 20.0. The highest BCUT2D eigenvalue weighted by Crippen LogP contribution is 2.28. The van der Waals surface area contributed by atoms with Crippen LogP contribution in [-0.4, -0.2) is 22.6 Å². The first-order chi connectivity index (χ1) is 12.5. The third kappa shape index (κ3) is 3.06. The van der Waals surface area contributed by atoms with Crippen LogP contribution in [0.3, 0.4) is 0 Å². The summed E-state index contributed by atoms with van der Waals surface area (Å²) >= 11 is 12.4. The van der Waals surface area contributed by atoms with E-state index >= 15 is 0 Å². The molecule has 134 valence electrons. The molecular weight excluding hydrogens is 376 g/mol. The summed E-state index contributed by atoms with van der Waals surface area (Å²) in [5.41, 5.74) is 0.609. The number of nitrogens with zero attached hydrogens (tertiary/aromatic N) is 3. The average Bonchev–Trinajstić information content (AvgIpc) is 2.64. The minimum atomic E-state index is -0.476. The van der Waals surface area contributed by atoms with Crippen molar-refractivity contribution in [2.75, 3.05) is 18.0 Å². The summed E-state index contributed by atoms with van der Waals surface area (Å²) < 4.78 is 15.2. The molecular formula is C19H16Cl2FN3O. The van der Waals surface area contributed by atoms with Gasteiger partial charge in [-0.3, -0.25) is 4.79 Å². The second-order valence-electron chi connectivity index (χ2n) is 6.36. The molecule has 1 fully saturated rings.